The molecule has 0 aliphatic carbocycles. The van der Waals surface area contributed by atoms with Crippen molar-refractivity contribution in [2.45, 2.75) is 5.54 Å². The molecule has 2 aliphatic rings. The molecule has 6 nitrogen and oxygen atoms in total. The molecule has 2 saturated heterocycles. The summed E-state index contributed by atoms with van der Waals surface area (Å²) in [6.45, 7) is 0.573. The maximum absolute atomic E-state index is 11.3. The van der Waals surface area contributed by atoms with E-state index in [1.54, 1.807) is 0 Å². The minimum absolute atomic E-state index is 0.0294. The standard InChI is InChI=1S/C7H9N3O3/c11-4-10-2-7(3-10)6(13)8-1-5(12)9-7/h4H,1-3H2,(H,8,13)(H,9,12). The lowest BCUT2D eigenvalue weighted by Gasteiger charge is -2.48. The number of amides is 3. The number of piperazine rings is 1. The Morgan fingerprint density at radius 2 is 2.08 bits per heavy atom. The molecule has 3 amide bonds. The fourth-order valence-electron chi connectivity index (χ4n) is 1.64. The summed E-state index contributed by atoms with van der Waals surface area (Å²) in [5, 5.41) is 5.07. The summed E-state index contributed by atoms with van der Waals surface area (Å²) in [7, 11) is 0. The Balaban J connectivity index is 2.09. The molecule has 0 radical (unpaired) electrons. The highest BCUT2D eigenvalue weighted by Gasteiger charge is 2.52. The Morgan fingerprint density at radius 1 is 1.38 bits per heavy atom. The van der Waals surface area contributed by atoms with Gasteiger partial charge in [0.15, 0.2) is 5.54 Å². The monoisotopic (exact) mass is 183 g/mol. The van der Waals surface area contributed by atoms with E-state index in [1.165, 1.54) is 4.90 Å². The molecule has 0 aromatic carbocycles. The summed E-state index contributed by atoms with van der Waals surface area (Å²) in [6, 6.07) is 0. The van der Waals surface area contributed by atoms with Crippen molar-refractivity contribution < 1.29 is 14.4 Å². The number of nitrogens with zero attached hydrogens (tertiary/aromatic N) is 1. The van der Waals surface area contributed by atoms with Crippen LogP contribution in [-0.4, -0.2) is 48.3 Å². The number of hydrogen-bond donors (Lipinski definition) is 2. The van der Waals surface area contributed by atoms with Gasteiger partial charge in [-0.2, -0.15) is 0 Å². The van der Waals surface area contributed by atoms with Gasteiger partial charge in [0.25, 0.3) is 0 Å². The molecule has 6 heteroatoms. The van der Waals surface area contributed by atoms with Gasteiger partial charge in [-0.3, -0.25) is 14.4 Å². The topological polar surface area (TPSA) is 78.5 Å². The zero-order valence-corrected chi connectivity index (χ0v) is 6.87. The molecule has 2 N–H and O–H groups in total. The van der Waals surface area contributed by atoms with E-state index < -0.39 is 5.54 Å². The van der Waals surface area contributed by atoms with Gasteiger partial charge in [-0.05, 0) is 0 Å². The number of carbonyl (C=O) groups excluding carboxylic acids is 3. The van der Waals surface area contributed by atoms with Crippen LogP contribution in [0.15, 0.2) is 0 Å². The molecule has 13 heavy (non-hydrogen) atoms. The van der Waals surface area contributed by atoms with Crippen molar-refractivity contribution in [3.63, 3.8) is 0 Å². The number of nitrogens with one attached hydrogen (secondary N) is 2. The molecule has 0 atom stereocenters. The van der Waals surface area contributed by atoms with Gasteiger partial charge in [0.2, 0.25) is 18.2 Å². The Kier molecular flexibility index (Phi) is 1.51. The molecule has 0 bridgehead atoms. The summed E-state index contributed by atoms with van der Waals surface area (Å²) in [6.07, 6.45) is 0.666. The van der Waals surface area contributed by atoms with Crippen LogP contribution in [-0.2, 0) is 14.4 Å². The lowest BCUT2D eigenvalue weighted by molar-refractivity contribution is -0.149. The number of hydrogen-bond acceptors (Lipinski definition) is 3. The van der Waals surface area contributed by atoms with Crippen LogP contribution in [0.3, 0.4) is 0 Å². The molecular formula is C7H9N3O3. The highest BCUT2D eigenvalue weighted by molar-refractivity contribution is 5.99. The first-order valence-electron chi connectivity index (χ1n) is 3.95. The Labute approximate surface area is 74.3 Å². The van der Waals surface area contributed by atoms with Gasteiger partial charge < -0.3 is 15.5 Å². The average molecular weight is 183 g/mol. The average Bonchev–Trinajstić information content (AvgIpc) is 2.05. The zero-order valence-electron chi connectivity index (χ0n) is 6.87. The SMILES string of the molecule is O=CN1CC2(C1)NC(=O)CNC2=O. The molecule has 0 aromatic heterocycles. The maximum Gasteiger partial charge on any atom is 0.249 e. The number of likely N-dealkylation sites (tertiary alicyclic amines) is 1. The molecule has 0 aromatic rings. The second-order valence-electron chi connectivity index (χ2n) is 3.32. The Bertz CT molecular complexity index is 283. The molecule has 0 unspecified atom stereocenters. The van der Waals surface area contributed by atoms with E-state index in [0.29, 0.717) is 6.41 Å². The fourth-order valence-corrected chi connectivity index (χ4v) is 1.64. The van der Waals surface area contributed by atoms with Crippen LogP contribution in [0.4, 0.5) is 0 Å². The van der Waals surface area contributed by atoms with Crippen LogP contribution >= 0.6 is 0 Å². The van der Waals surface area contributed by atoms with Crippen LogP contribution in [0.5, 0.6) is 0 Å². The van der Waals surface area contributed by atoms with Crippen LogP contribution in [0.25, 0.3) is 0 Å². The molecule has 2 fully saturated rings. The number of carbonyl (C=O) groups is 3. The third kappa shape index (κ3) is 1.06. The minimum atomic E-state index is -0.851. The van der Waals surface area contributed by atoms with Gasteiger partial charge in [0, 0.05) is 0 Å². The minimum Gasteiger partial charge on any atom is -0.345 e. The molecule has 2 rings (SSSR count). The van der Waals surface area contributed by atoms with Gasteiger partial charge in [-0.15, -0.1) is 0 Å². The molecule has 0 saturated carbocycles. The zero-order chi connectivity index (χ0) is 9.47. The van der Waals surface area contributed by atoms with E-state index >= 15 is 0 Å². The lowest BCUT2D eigenvalue weighted by atomic mass is 9.87. The van der Waals surface area contributed by atoms with E-state index in [4.69, 9.17) is 0 Å². The van der Waals surface area contributed by atoms with E-state index in [9.17, 15) is 14.4 Å². The highest BCUT2D eigenvalue weighted by Crippen LogP contribution is 2.20. The second kappa shape index (κ2) is 2.45. The second-order valence-corrected chi connectivity index (χ2v) is 3.32. The molecule has 70 valence electrons. The fraction of sp³-hybridized carbons (Fsp3) is 0.571. The van der Waals surface area contributed by atoms with E-state index in [1.807, 2.05) is 0 Å². The first kappa shape index (κ1) is 8.03. The van der Waals surface area contributed by atoms with Gasteiger partial charge in [-0.1, -0.05) is 0 Å². The van der Waals surface area contributed by atoms with Gasteiger partial charge in [-0.25, -0.2) is 0 Å². The largest absolute Gasteiger partial charge is 0.345 e. The Hall–Kier alpha value is -1.59. The summed E-state index contributed by atoms with van der Waals surface area (Å²) >= 11 is 0. The van der Waals surface area contributed by atoms with E-state index in [-0.39, 0.29) is 31.4 Å². The smallest absolute Gasteiger partial charge is 0.249 e. The molecular weight excluding hydrogens is 174 g/mol. The van der Waals surface area contributed by atoms with Crippen molar-refractivity contribution in [2.75, 3.05) is 19.6 Å². The van der Waals surface area contributed by atoms with E-state index in [2.05, 4.69) is 10.6 Å². The lowest BCUT2D eigenvalue weighted by Crippen LogP contribution is -2.79. The van der Waals surface area contributed by atoms with Gasteiger partial charge in [0.05, 0.1) is 19.6 Å². The normalized spacial score (nSPS) is 24.8. The van der Waals surface area contributed by atoms with Crippen molar-refractivity contribution in [1.29, 1.82) is 0 Å². The van der Waals surface area contributed by atoms with Crippen molar-refractivity contribution in [3.05, 3.63) is 0 Å². The predicted molar refractivity (Wildman–Crippen MR) is 41.5 cm³/mol. The first-order chi connectivity index (χ1) is 6.16. The third-order valence-corrected chi connectivity index (χ3v) is 2.32. The van der Waals surface area contributed by atoms with Crippen LogP contribution in [0, 0.1) is 0 Å². The summed E-state index contributed by atoms with van der Waals surface area (Å²) < 4.78 is 0. The molecule has 1 spiro atoms. The van der Waals surface area contributed by atoms with Crippen LogP contribution < -0.4 is 10.6 Å². The van der Waals surface area contributed by atoms with E-state index in [0.717, 1.165) is 0 Å². The van der Waals surface area contributed by atoms with Crippen LogP contribution in [0.1, 0.15) is 0 Å². The quantitative estimate of drug-likeness (QED) is 0.439. The van der Waals surface area contributed by atoms with Gasteiger partial charge in [0.1, 0.15) is 0 Å². The molecule has 2 heterocycles. The third-order valence-electron chi connectivity index (χ3n) is 2.32. The van der Waals surface area contributed by atoms with Crippen molar-refractivity contribution in [1.82, 2.24) is 15.5 Å². The number of rotatable bonds is 1. The first-order valence-corrected chi connectivity index (χ1v) is 3.95. The Morgan fingerprint density at radius 3 is 2.69 bits per heavy atom. The predicted octanol–water partition coefficient (Wildman–Crippen LogP) is -2.56. The summed E-state index contributed by atoms with van der Waals surface area (Å²) in [5.74, 6) is -0.407. The summed E-state index contributed by atoms with van der Waals surface area (Å²) in [4.78, 5) is 34.0. The highest BCUT2D eigenvalue weighted by atomic mass is 16.2. The van der Waals surface area contributed by atoms with Crippen molar-refractivity contribution in [2.24, 2.45) is 0 Å². The van der Waals surface area contributed by atoms with Gasteiger partial charge >= 0.3 is 0 Å². The maximum atomic E-state index is 11.3. The molecule has 2 aliphatic heterocycles. The van der Waals surface area contributed by atoms with Crippen molar-refractivity contribution >= 4 is 18.2 Å². The van der Waals surface area contributed by atoms with Crippen molar-refractivity contribution in [3.8, 4) is 0 Å². The van der Waals surface area contributed by atoms with Crippen LogP contribution in [0.2, 0.25) is 0 Å². The summed E-state index contributed by atoms with van der Waals surface area (Å²) in [5.41, 5.74) is -0.851.